The van der Waals surface area contributed by atoms with Crippen LogP contribution in [0.25, 0.3) is 0 Å². The van der Waals surface area contributed by atoms with Crippen LogP contribution in [-0.2, 0) is 13.1 Å². The molecular weight excluding hydrogens is 456 g/mol. The van der Waals surface area contributed by atoms with Gasteiger partial charge >= 0.3 is 5.69 Å². The molecule has 0 unspecified atom stereocenters. The normalized spacial score (nSPS) is 10.9. The number of benzene rings is 2. The molecule has 0 radical (unpaired) electrons. The van der Waals surface area contributed by atoms with E-state index in [2.05, 4.69) is 10.1 Å². The predicted molar refractivity (Wildman–Crippen MR) is 132 cm³/mol. The van der Waals surface area contributed by atoms with Crippen LogP contribution in [0.2, 0.25) is 5.15 Å². The number of halogens is 1. The van der Waals surface area contributed by atoms with E-state index in [0.29, 0.717) is 12.2 Å². The van der Waals surface area contributed by atoms with Crippen molar-refractivity contribution in [3.05, 3.63) is 109 Å². The number of hydrogen-bond donors (Lipinski definition) is 2. The van der Waals surface area contributed by atoms with Crippen molar-refractivity contribution in [2.45, 2.75) is 20.0 Å². The van der Waals surface area contributed by atoms with Crippen molar-refractivity contribution < 1.29 is 4.79 Å². The molecule has 3 N–H and O–H groups in total. The number of aromatic amines is 1. The largest absolute Gasteiger partial charge is 0.383 e. The Morgan fingerprint density at radius 3 is 2.18 bits per heavy atom. The van der Waals surface area contributed by atoms with E-state index in [0.717, 1.165) is 16.0 Å². The van der Waals surface area contributed by atoms with E-state index in [-0.39, 0.29) is 28.8 Å². The lowest BCUT2D eigenvalue weighted by Gasteiger charge is -2.20. The summed E-state index contributed by atoms with van der Waals surface area (Å²) >= 11 is 6.53. The number of rotatable bonds is 6. The molecule has 2 heterocycles. The fourth-order valence-corrected chi connectivity index (χ4v) is 4.07. The first-order valence-electron chi connectivity index (χ1n) is 10.5. The number of H-pyrrole nitrogens is 1. The van der Waals surface area contributed by atoms with Crippen molar-refractivity contribution in [3.63, 3.8) is 0 Å². The number of hydrogen-bond acceptors (Lipinski definition) is 5. The number of aromatic nitrogens is 4. The maximum Gasteiger partial charge on any atom is 0.330 e. The van der Waals surface area contributed by atoms with Crippen molar-refractivity contribution in [1.82, 2.24) is 19.3 Å². The molecule has 174 valence electrons. The van der Waals surface area contributed by atoms with Gasteiger partial charge in [-0.2, -0.15) is 5.10 Å². The molecule has 4 rings (SSSR count). The summed E-state index contributed by atoms with van der Waals surface area (Å²) < 4.78 is 2.74. The van der Waals surface area contributed by atoms with Crippen LogP contribution in [0.1, 0.15) is 27.2 Å². The standard InChI is InChI=1S/C24H23ClN6O3/c1-15-18(20(25)31(28-15)14-17-11-7-4-8-12-17)23(33)29(2)19-21(26)30(24(34)27-22(19)32)13-16-9-5-3-6-10-16/h3-12H,13-14,26H2,1-2H3,(H,27,32,34). The Labute approximate surface area is 200 Å². The Kier molecular flexibility index (Phi) is 6.38. The quantitative estimate of drug-likeness (QED) is 0.441. The molecule has 0 aliphatic heterocycles. The minimum absolute atomic E-state index is 0.126. The number of nitrogens with zero attached hydrogens (tertiary/aromatic N) is 4. The van der Waals surface area contributed by atoms with Gasteiger partial charge in [0.1, 0.15) is 11.0 Å². The summed E-state index contributed by atoms with van der Waals surface area (Å²) in [6.07, 6.45) is 0. The van der Waals surface area contributed by atoms with E-state index >= 15 is 0 Å². The van der Waals surface area contributed by atoms with Gasteiger partial charge in [-0.1, -0.05) is 72.3 Å². The average molecular weight is 479 g/mol. The smallest absolute Gasteiger partial charge is 0.330 e. The zero-order valence-electron chi connectivity index (χ0n) is 18.7. The van der Waals surface area contributed by atoms with Gasteiger partial charge in [0.2, 0.25) is 0 Å². The Morgan fingerprint density at radius 2 is 1.59 bits per heavy atom. The summed E-state index contributed by atoms with van der Waals surface area (Å²) in [4.78, 5) is 41.9. The van der Waals surface area contributed by atoms with E-state index in [1.54, 1.807) is 6.92 Å². The van der Waals surface area contributed by atoms with Gasteiger partial charge in [-0.3, -0.25) is 19.1 Å². The minimum Gasteiger partial charge on any atom is -0.383 e. The van der Waals surface area contributed by atoms with Crippen LogP contribution < -0.4 is 21.9 Å². The van der Waals surface area contributed by atoms with Crippen molar-refractivity contribution >= 4 is 29.0 Å². The first-order valence-corrected chi connectivity index (χ1v) is 10.9. The number of amides is 1. The molecule has 1 amide bonds. The summed E-state index contributed by atoms with van der Waals surface area (Å²) in [7, 11) is 1.41. The van der Waals surface area contributed by atoms with Crippen LogP contribution >= 0.6 is 11.6 Å². The fraction of sp³-hybridized carbons (Fsp3) is 0.167. The Morgan fingerprint density at radius 1 is 1.03 bits per heavy atom. The number of carbonyl (C=O) groups excluding carboxylic acids is 1. The molecule has 0 saturated carbocycles. The first-order chi connectivity index (χ1) is 16.3. The number of nitrogens with one attached hydrogen (secondary N) is 1. The molecule has 0 saturated heterocycles. The van der Waals surface area contributed by atoms with Gasteiger partial charge in [0.05, 0.1) is 24.3 Å². The van der Waals surface area contributed by atoms with Gasteiger partial charge in [-0.15, -0.1) is 0 Å². The van der Waals surface area contributed by atoms with Crippen molar-refractivity contribution in [2.24, 2.45) is 0 Å². The molecule has 0 fully saturated rings. The van der Waals surface area contributed by atoms with Gasteiger partial charge in [-0.25, -0.2) is 9.48 Å². The Hall–Kier alpha value is -4.11. The van der Waals surface area contributed by atoms with E-state index in [4.69, 9.17) is 17.3 Å². The second-order valence-electron chi connectivity index (χ2n) is 7.82. The molecule has 9 nitrogen and oxygen atoms in total. The summed E-state index contributed by atoms with van der Waals surface area (Å²) in [5.74, 6) is -0.692. The lowest BCUT2D eigenvalue weighted by Crippen LogP contribution is -2.39. The van der Waals surface area contributed by atoms with E-state index in [9.17, 15) is 14.4 Å². The number of nitrogen functional groups attached to an aromatic ring is 1. The molecule has 0 bridgehead atoms. The molecule has 0 atom stereocenters. The third kappa shape index (κ3) is 4.38. The average Bonchev–Trinajstić information content (AvgIpc) is 3.09. The molecule has 10 heteroatoms. The van der Waals surface area contributed by atoms with Crippen LogP contribution in [0.5, 0.6) is 0 Å². The Balaban J connectivity index is 1.70. The van der Waals surface area contributed by atoms with Gasteiger partial charge in [0, 0.05) is 7.05 Å². The van der Waals surface area contributed by atoms with Crippen LogP contribution in [0.15, 0.2) is 70.3 Å². The van der Waals surface area contributed by atoms with Gasteiger partial charge < -0.3 is 10.6 Å². The molecule has 0 aliphatic rings. The second-order valence-corrected chi connectivity index (χ2v) is 8.18. The highest BCUT2D eigenvalue weighted by Gasteiger charge is 2.27. The maximum atomic E-state index is 13.4. The number of nitrogens with two attached hydrogens (primary N) is 1. The summed E-state index contributed by atoms with van der Waals surface area (Å²) in [6.45, 7) is 2.17. The van der Waals surface area contributed by atoms with Crippen LogP contribution in [0.3, 0.4) is 0 Å². The maximum absolute atomic E-state index is 13.4. The monoisotopic (exact) mass is 478 g/mol. The molecular formula is C24H23ClN6O3. The zero-order chi connectivity index (χ0) is 24.4. The molecule has 4 aromatic rings. The van der Waals surface area contributed by atoms with E-state index in [1.165, 1.54) is 16.3 Å². The molecule has 2 aromatic heterocycles. The second kappa shape index (κ2) is 9.40. The van der Waals surface area contributed by atoms with E-state index in [1.807, 2.05) is 60.7 Å². The predicted octanol–water partition coefficient (Wildman–Crippen LogP) is 2.65. The summed E-state index contributed by atoms with van der Waals surface area (Å²) in [5, 5.41) is 4.54. The lowest BCUT2D eigenvalue weighted by atomic mass is 10.2. The van der Waals surface area contributed by atoms with Gasteiger partial charge in [-0.05, 0) is 18.1 Å². The fourth-order valence-electron chi connectivity index (χ4n) is 3.75. The minimum atomic E-state index is -0.770. The summed E-state index contributed by atoms with van der Waals surface area (Å²) in [5.41, 5.74) is 6.98. The molecule has 0 spiro atoms. The van der Waals surface area contributed by atoms with Crippen molar-refractivity contribution in [2.75, 3.05) is 17.7 Å². The third-order valence-corrected chi connectivity index (χ3v) is 5.88. The number of carbonyl (C=O) groups is 1. The van der Waals surface area contributed by atoms with Crippen molar-refractivity contribution in [3.8, 4) is 0 Å². The van der Waals surface area contributed by atoms with Gasteiger partial charge in [0.15, 0.2) is 5.69 Å². The number of anilines is 2. The van der Waals surface area contributed by atoms with Crippen LogP contribution in [0.4, 0.5) is 11.5 Å². The highest BCUT2D eigenvalue weighted by atomic mass is 35.5. The highest BCUT2D eigenvalue weighted by molar-refractivity contribution is 6.33. The van der Waals surface area contributed by atoms with Crippen LogP contribution in [-0.4, -0.2) is 32.3 Å². The number of aryl methyl sites for hydroxylation is 1. The topological polar surface area (TPSA) is 119 Å². The highest BCUT2D eigenvalue weighted by Crippen LogP contribution is 2.25. The van der Waals surface area contributed by atoms with Crippen molar-refractivity contribution in [1.29, 1.82) is 0 Å². The third-order valence-electron chi connectivity index (χ3n) is 5.49. The molecule has 2 aromatic carbocycles. The SMILES string of the molecule is Cc1nn(Cc2ccccc2)c(Cl)c1C(=O)N(C)c1c(N)n(Cc2ccccc2)c(=O)[nH]c1=O. The molecule has 34 heavy (non-hydrogen) atoms. The lowest BCUT2D eigenvalue weighted by molar-refractivity contribution is 0.0992. The van der Waals surface area contributed by atoms with Gasteiger partial charge in [0.25, 0.3) is 11.5 Å². The zero-order valence-corrected chi connectivity index (χ0v) is 19.4. The van der Waals surface area contributed by atoms with Crippen LogP contribution in [0, 0.1) is 6.92 Å². The Bertz CT molecular complexity index is 1460. The summed E-state index contributed by atoms with van der Waals surface area (Å²) in [6, 6.07) is 18.7. The molecule has 0 aliphatic carbocycles. The first kappa shape index (κ1) is 23.1. The van der Waals surface area contributed by atoms with E-state index < -0.39 is 17.2 Å².